The van der Waals surface area contributed by atoms with E-state index < -0.39 is 9.84 Å². The third-order valence-corrected chi connectivity index (χ3v) is 4.89. The van der Waals surface area contributed by atoms with E-state index >= 15 is 0 Å². The second-order valence-electron chi connectivity index (χ2n) is 6.23. The van der Waals surface area contributed by atoms with Crippen molar-refractivity contribution in [3.63, 3.8) is 0 Å². The van der Waals surface area contributed by atoms with Crippen LogP contribution in [0, 0.1) is 0 Å². The first-order valence-electron chi connectivity index (χ1n) is 8.88. The molecule has 0 aromatic carbocycles. The van der Waals surface area contributed by atoms with E-state index in [1.807, 2.05) is 13.0 Å². The Hall–Kier alpha value is -1.65. The molecule has 0 atom stereocenters. The highest BCUT2D eigenvalue weighted by Gasteiger charge is 2.20. The molecule has 0 spiro atoms. The predicted octanol–water partition coefficient (Wildman–Crippen LogP) is -0.181. The lowest BCUT2D eigenvalue weighted by molar-refractivity contribution is 0.155. The second kappa shape index (κ2) is 10.5. The first-order valence-corrected chi connectivity index (χ1v) is 10.9. The van der Waals surface area contributed by atoms with Crippen LogP contribution in [0.4, 0.5) is 0 Å². The van der Waals surface area contributed by atoms with Crippen LogP contribution < -0.4 is 5.32 Å². The number of aliphatic imine (C=N–C) groups is 1. The number of sulfone groups is 1. The van der Waals surface area contributed by atoms with E-state index in [2.05, 4.69) is 25.3 Å². The quantitative estimate of drug-likeness (QED) is 0.354. The van der Waals surface area contributed by atoms with Gasteiger partial charge in [-0.05, 0) is 6.92 Å². The summed E-state index contributed by atoms with van der Waals surface area (Å²) in [5.74, 6) is 0.921. The van der Waals surface area contributed by atoms with Crippen molar-refractivity contribution in [1.29, 1.82) is 0 Å². The van der Waals surface area contributed by atoms with Gasteiger partial charge in [-0.25, -0.2) is 8.42 Å². The van der Waals surface area contributed by atoms with E-state index in [0.717, 1.165) is 50.9 Å². The minimum absolute atomic E-state index is 0.0459. The zero-order valence-corrected chi connectivity index (χ0v) is 16.4. The monoisotopic (exact) mass is 387 g/mol. The van der Waals surface area contributed by atoms with Gasteiger partial charge in [0.05, 0.1) is 31.2 Å². The Bertz CT molecular complexity index is 640. The topological polar surface area (TPSA) is 100 Å². The highest BCUT2D eigenvalue weighted by atomic mass is 32.2. The predicted molar refractivity (Wildman–Crippen MR) is 99.9 cm³/mol. The maximum Gasteiger partial charge on any atom is 0.194 e. The molecule has 10 heteroatoms. The Morgan fingerprint density at radius 3 is 2.73 bits per heavy atom. The van der Waals surface area contributed by atoms with Crippen LogP contribution in [0.1, 0.15) is 12.6 Å². The number of guanidine groups is 1. The molecular weight excluding hydrogens is 358 g/mol. The van der Waals surface area contributed by atoms with Crippen molar-refractivity contribution in [3.8, 4) is 0 Å². The highest BCUT2D eigenvalue weighted by Crippen LogP contribution is 2.07. The average Bonchev–Trinajstić information content (AvgIpc) is 3.10. The summed E-state index contributed by atoms with van der Waals surface area (Å²) in [5.41, 5.74) is 0.949. The van der Waals surface area contributed by atoms with E-state index in [-0.39, 0.29) is 12.4 Å². The Balaban J connectivity index is 1.72. The van der Waals surface area contributed by atoms with Crippen LogP contribution in [0.3, 0.4) is 0 Å². The van der Waals surface area contributed by atoms with Gasteiger partial charge in [0.25, 0.3) is 0 Å². The second-order valence-corrected chi connectivity index (χ2v) is 8.49. The summed E-state index contributed by atoms with van der Waals surface area (Å²) in [6.45, 7) is 8.41. The molecule has 9 nitrogen and oxygen atoms in total. The molecular formula is C16H29N5O4S. The van der Waals surface area contributed by atoms with Crippen molar-refractivity contribution in [1.82, 2.24) is 20.3 Å². The molecule has 148 valence electrons. The van der Waals surface area contributed by atoms with Gasteiger partial charge in [-0.3, -0.25) is 9.89 Å². The van der Waals surface area contributed by atoms with Gasteiger partial charge in [0, 0.05) is 51.6 Å². The van der Waals surface area contributed by atoms with Gasteiger partial charge < -0.3 is 19.5 Å². The number of hydrogen-bond donors (Lipinski definition) is 1. The van der Waals surface area contributed by atoms with Crippen molar-refractivity contribution in [2.24, 2.45) is 4.99 Å². The summed E-state index contributed by atoms with van der Waals surface area (Å²) in [6, 6.07) is 1.89. The normalized spacial score (nSPS) is 16.8. The van der Waals surface area contributed by atoms with Gasteiger partial charge in [-0.2, -0.15) is 0 Å². The van der Waals surface area contributed by atoms with Crippen LogP contribution >= 0.6 is 0 Å². The first kappa shape index (κ1) is 20.7. The molecule has 0 amide bonds. The third kappa shape index (κ3) is 7.71. The van der Waals surface area contributed by atoms with Gasteiger partial charge >= 0.3 is 0 Å². The maximum absolute atomic E-state index is 11.1. The molecule has 1 fully saturated rings. The van der Waals surface area contributed by atoms with Gasteiger partial charge in [0.15, 0.2) is 5.96 Å². The highest BCUT2D eigenvalue weighted by molar-refractivity contribution is 7.90. The van der Waals surface area contributed by atoms with Gasteiger partial charge in [-0.15, -0.1) is 0 Å². The van der Waals surface area contributed by atoms with Crippen LogP contribution in [-0.4, -0.2) is 93.8 Å². The zero-order valence-electron chi connectivity index (χ0n) is 15.6. The van der Waals surface area contributed by atoms with Crippen LogP contribution in [0.5, 0.6) is 0 Å². The number of nitrogens with one attached hydrogen (secondary N) is 1. The Kier molecular flexibility index (Phi) is 8.33. The van der Waals surface area contributed by atoms with E-state index in [4.69, 9.17) is 9.26 Å². The molecule has 1 saturated heterocycles. The average molecular weight is 388 g/mol. The number of rotatable bonds is 9. The smallest absolute Gasteiger partial charge is 0.194 e. The number of ether oxygens (including phenoxy) is 1. The first-order chi connectivity index (χ1) is 12.5. The van der Waals surface area contributed by atoms with Crippen molar-refractivity contribution in [2.45, 2.75) is 13.5 Å². The number of nitrogens with zero attached hydrogens (tertiary/aromatic N) is 4. The standard InChI is InChI=1S/C16H29N5O4S/c1-3-17-16(18-5-11-24-12-13-26(2,22)23)21-8-6-20(7-9-21)14-15-4-10-25-19-15/h4,10H,3,5-9,11-14H2,1-2H3,(H,17,18). The third-order valence-electron chi connectivity index (χ3n) is 3.98. The van der Waals surface area contributed by atoms with E-state index in [0.29, 0.717) is 13.2 Å². The van der Waals surface area contributed by atoms with Crippen molar-refractivity contribution in [3.05, 3.63) is 18.0 Å². The minimum atomic E-state index is -2.97. The van der Waals surface area contributed by atoms with E-state index in [1.54, 1.807) is 6.26 Å². The number of piperazine rings is 1. The minimum Gasteiger partial charge on any atom is -0.378 e. The van der Waals surface area contributed by atoms with Crippen molar-refractivity contribution < 1.29 is 17.7 Å². The van der Waals surface area contributed by atoms with Crippen LogP contribution in [0.25, 0.3) is 0 Å². The number of hydrogen-bond acceptors (Lipinski definition) is 7. The Labute approximate surface area is 155 Å². The molecule has 1 aromatic heterocycles. The molecule has 0 unspecified atom stereocenters. The van der Waals surface area contributed by atoms with Gasteiger partial charge in [0.2, 0.25) is 0 Å². The van der Waals surface area contributed by atoms with Crippen molar-refractivity contribution >= 4 is 15.8 Å². The largest absolute Gasteiger partial charge is 0.378 e. The number of aromatic nitrogens is 1. The van der Waals surface area contributed by atoms with Gasteiger partial charge in [0.1, 0.15) is 16.1 Å². The van der Waals surface area contributed by atoms with Gasteiger partial charge in [-0.1, -0.05) is 5.16 Å². The van der Waals surface area contributed by atoms with Crippen molar-refractivity contribution in [2.75, 3.05) is 64.5 Å². The van der Waals surface area contributed by atoms with Crippen LogP contribution in [0.15, 0.2) is 21.8 Å². The molecule has 1 aromatic rings. The summed E-state index contributed by atoms with van der Waals surface area (Å²) in [7, 11) is -2.97. The molecule has 0 bridgehead atoms. The molecule has 2 heterocycles. The zero-order chi connectivity index (χ0) is 18.8. The van der Waals surface area contributed by atoms with E-state index in [9.17, 15) is 8.42 Å². The Morgan fingerprint density at radius 2 is 2.12 bits per heavy atom. The lowest BCUT2D eigenvalue weighted by Gasteiger charge is -2.36. The summed E-state index contributed by atoms with van der Waals surface area (Å²) in [4.78, 5) is 9.16. The fraction of sp³-hybridized carbons (Fsp3) is 0.750. The lowest BCUT2D eigenvalue weighted by atomic mass is 10.3. The summed E-state index contributed by atoms with van der Waals surface area (Å²) < 4.78 is 32.3. The summed E-state index contributed by atoms with van der Waals surface area (Å²) in [6.07, 6.45) is 2.81. The summed E-state index contributed by atoms with van der Waals surface area (Å²) in [5, 5.41) is 7.26. The molecule has 26 heavy (non-hydrogen) atoms. The molecule has 0 aliphatic carbocycles. The maximum atomic E-state index is 11.1. The molecule has 1 aliphatic rings. The lowest BCUT2D eigenvalue weighted by Crippen LogP contribution is -2.52. The molecule has 0 saturated carbocycles. The molecule has 1 aliphatic heterocycles. The molecule has 0 radical (unpaired) electrons. The molecule has 1 N–H and O–H groups in total. The summed E-state index contributed by atoms with van der Waals surface area (Å²) >= 11 is 0. The fourth-order valence-electron chi connectivity index (χ4n) is 2.62. The fourth-order valence-corrected chi connectivity index (χ4v) is 3.04. The van der Waals surface area contributed by atoms with Crippen LogP contribution in [-0.2, 0) is 21.1 Å². The SMILES string of the molecule is CCNC(=NCCOCCS(C)(=O)=O)N1CCN(Cc2ccon2)CC1. The molecule has 2 rings (SSSR count). The van der Waals surface area contributed by atoms with Crippen LogP contribution in [0.2, 0.25) is 0 Å². The van der Waals surface area contributed by atoms with E-state index in [1.165, 1.54) is 6.26 Å². The Morgan fingerprint density at radius 1 is 1.35 bits per heavy atom.